The number of ether oxygens (including phenoxy) is 3. The number of hydrogen-bond donors (Lipinski definition) is 0. The van der Waals surface area contributed by atoms with Gasteiger partial charge in [0.2, 0.25) is 21.7 Å². The van der Waals surface area contributed by atoms with Crippen LogP contribution in [0.5, 0.6) is 17.2 Å². The highest BCUT2D eigenvalue weighted by molar-refractivity contribution is 7.89. The summed E-state index contributed by atoms with van der Waals surface area (Å²) in [7, 11) is 1.01. The van der Waals surface area contributed by atoms with Gasteiger partial charge in [0.15, 0.2) is 11.5 Å². The zero-order valence-corrected chi connectivity index (χ0v) is 18.6. The molecule has 0 saturated carbocycles. The third kappa shape index (κ3) is 4.83. The third-order valence-electron chi connectivity index (χ3n) is 5.07. The zero-order valence-electron chi connectivity index (χ0n) is 17.8. The molecule has 0 N–H and O–H groups in total. The second-order valence-electron chi connectivity index (χ2n) is 6.80. The van der Waals surface area contributed by atoms with Crippen LogP contribution in [-0.4, -0.2) is 71.0 Å². The minimum absolute atomic E-state index is 0.200. The molecule has 0 bridgehead atoms. The molecule has 0 aliphatic carbocycles. The van der Waals surface area contributed by atoms with Crippen molar-refractivity contribution in [3.63, 3.8) is 0 Å². The van der Waals surface area contributed by atoms with Gasteiger partial charge in [-0.25, -0.2) is 8.42 Å². The van der Waals surface area contributed by atoms with E-state index in [0.717, 1.165) is 0 Å². The zero-order chi connectivity index (χ0) is 22.4. The van der Waals surface area contributed by atoms with E-state index in [1.165, 1.54) is 31.7 Å². The number of sulfonamides is 1. The van der Waals surface area contributed by atoms with E-state index in [4.69, 9.17) is 14.2 Å². The van der Waals surface area contributed by atoms with E-state index in [1.54, 1.807) is 53.4 Å². The topological polar surface area (TPSA) is 85.4 Å². The summed E-state index contributed by atoms with van der Waals surface area (Å²) in [6, 6.07) is 11.8. The van der Waals surface area contributed by atoms with Crippen LogP contribution in [0.2, 0.25) is 0 Å². The van der Waals surface area contributed by atoms with Crippen LogP contribution in [0.15, 0.2) is 53.4 Å². The van der Waals surface area contributed by atoms with Crippen LogP contribution < -0.4 is 14.2 Å². The molecule has 1 aliphatic heterocycles. The maximum Gasteiger partial charge on any atom is 0.246 e. The van der Waals surface area contributed by atoms with Gasteiger partial charge in [0.05, 0.1) is 26.2 Å². The number of methoxy groups -OCH3 is 3. The summed E-state index contributed by atoms with van der Waals surface area (Å²) in [5.74, 6) is 1.23. The minimum atomic E-state index is -3.55. The fourth-order valence-electron chi connectivity index (χ4n) is 3.41. The third-order valence-corrected chi connectivity index (χ3v) is 6.98. The number of carbonyl (C=O) groups excluding carboxylic acids is 1. The smallest absolute Gasteiger partial charge is 0.246 e. The van der Waals surface area contributed by atoms with Crippen LogP contribution >= 0.6 is 0 Å². The quantitative estimate of drug-likeness (QED) is 0.607. The van der Waals surface area contributed by atoms with Gasteiger partial charge in [-0.15, -0.1) is 0 Å². The van der Waals surface area contributed by atoms with Crippen molar-refractivity contribution in [3.05, 3.63) is 54.1 Å². The van der Waals surface area contributed by atoms with Crippen molar-refractivity contribution < 1.29 is 27.4 Å². The molecular weight excluding hydrogens is 420 g/mol. The molecule has 166 valence electrons. The molecule has 1 saturated heterocycles. The second-order valence-corrected chi connectivity index (χ2v) is 8.74. The molecule has 1 amide bonds. The van der Waals surface area contributed by atoms with Gasteiger partial charge >= 0.3 is 0 Å². The van der Waals surface area contributed by atoms with Crippen LogP contribution in [0.4, 0.5) is 0 Å². The second kappa shape index (κ2) is 9.84. The number of nitrogens with zero attached hydrogens (tertiary/aromatic N) is 2. The van der Waals surface area contributed by atoms with Crippen LogP contribution in [0.25, 0.3) is 6.08 Å². The molecule has 2 aromatic rings. The monoisotopic (exact) mass is 446 g/mol. The van der Waals surface area contributed by atoms with Gasteiger partial charge in [0, 0.05) is 37.8 Å². The lowest BCUT2D eigenvalue weighted by Crippen LogP contribution is -2.50. The van der Waals surface area contributed by atoms with Gasteiger partial charge in [0.1, 0.15) is 0 Å². The Labute approximate surface area is 182 Å². The molecule has 3 rings (SSSR count). The Kier molecular flexibility index (Phi) is 7.19. The van der Waals surface area contributed by atoms with E-state index in [9.17, 15) is 13.2 Å². The lowest BCUT2D eigenvalue weighted by Gasteiger charge is -2.33. The average Bonchev–Trinajstić information content (AvgIpc) is 2.82. The highest BCUT2D eigenvalue weighted by Crippen LogP contribution is 2.40. The largest absolute Gasteiger partial charge is 0.493 e. The summed E-state index contributed by atoms with van der Waals surface area (Å²) < 4.78 is 42.9. The van der Waals surface area contributed by atoms with E-state index in [0.29, 0.717) is 35.9 Å². The Balaban J connectivity index is 1.68. The van der Waals surface area contributed by atoms with Crippen LogP contribution in [0.1, 0.15) is 5.56 Å². The summed E-state index contributed by atoms with van der Waals surface area (Å²) in [4.78, 5) is 14.5. The molecule has 1 heterocycles. The van der Waals surface area contributed by atoms with Crippen LogP contribution in [-0.2, 0) is 14.8 Å². The number of rotatable bonds is 7. The Bertz CT molecular complexity index is 1050. The van der Waals surface area contributed by atoms with Crippen molar-refractivity contribution in [3.8, 4) is 17.2 Å². The average molecular weight is 447 g/mol. The van der Waals surface area contributed by atoms with Crippen LogP contribution in [0, 0.1) is 0 Å². The molecule has 0 radical (unpaired) electrons. The Morgan fingerprint density at radius 2 is 1.52 bits per heavy atom. The summed E-state index contributed by atoms with van der Waals surface area (Å²) in [6.45, 7) is 1.13. The maximum absolute atomic E-state index is 12.7. The lowest BCUT2D eigenvalue weighted by atomic mass is 10.1. The first-order chi connectivity index (χ1) is 14.9. The van der Waals surface area contributed by atoms with Gasteiger partial charge < -0.3 is 19.1 Å². The summed E-state index contributed by atoms with van der Waals surface area (Å²) in [5.41, 5.74) is 0.666. The van der Waals surface area contributed by atoms with Crippen molar-refractivity contribution in [2.45, 2.75) is 4.90 Å². The van der Waals surface area contributed by atoms with Crippen molar-refractivity contribution in [1.82, 2.24) is 9.21 Å². The van der Waals surface area contributed by atoms with Crippen molar-refractivity contribution in [2.24, 2.45) is 0 Å². The van der Waals surface area contributed by atoms with E-state index in [-0.39, 0.29) is 23.9 Å². The Morgan fingerprint density at radius 1 is 0.871 bits per heavy atom. The van der Waals surface area contributed by atoms with E-state index >= 15 is 0 Å². The molecule has 31 heavy (non-hydrogen) atoms. The van der Waals surface area contributed by atoms with Gasteiger partial charge in [-0.2, -0.15) is 4.31 Å². The molecule has 8 nitrogen and oxygen atoms in total. The highest BCUT2D eigenvalue weighted by atomic mass is 32.2. The molecule has 2 aromatic carbocycles. The van der Waals surface area contributed by atoms with Crippen molar-refractivity contribution in [2.75, 3.05) is 47.5 Å². The molecule has 1 fully saturated rings. The van der Waals surface area contributed by atoms with E-state index in [2.05, 4.69) is 0 Å². The standard InChI is InChI=1S/C22H26N2O6S/c1-28-19-11-9-17(21(29-2)22(19)30-3)10-12-20(25)23-13-15-24(16-14-23)31(26,27)18-7-5-4-6-8-18/h4-12H,13-16H2,1-3H3. The molecule has 0 atom stereocenters. The highest BCUT2D eigenvalue weighted by Gasteiger charge is 2.29. The number of amides is 1. The van der Waals surface area contributed by atoms with Gasteiger partial charge in [-0.05, 0) is 30.3 Å². The van der Waals surface area contributed by atoms with E-state index in [1.807, 2.05) is 0 Å². The fourth-order valence-corrected chi connectivity index (χ4v) is 4.86. The fraction of sp³-hybridized carbons (Fsp3) is 0.318. The van der Waals surface area contributed by atoms with Crippen LogP contribution in [0.3, 0.4) is 0 Å². The Morgan fingerprint density at radius 3 is 2.10 bits per heavy atom. The van der Waals surface area contributed by atoms with Gasteiger partial charge in [-0.1, -0.05) is 18.2 Å². The first-order valence-corrected chi connectivity index (χ1v) is 11.2. The van der Waals surface area contributed by atoms with Crippen molar-refractivity contribution >= 4 is 22.0 Å². The van der Waals surface area contributed by atoms with Gasteiger partial charge in [0.25, 0.3) is 0 Å². The minimum Gasteiger partial charge on any atom is -0.493 e. The van der Waals surface area contributed by atoms with Gasteiger partial charge in [-0.3, -0.25) is 4.79 Å². The molecule has 0 aromatic heterocycles. The molecule has 9 heteroatoms. The lowest BCUT2D eigenvalue weighted by molar-refractivity contribution is -0.127. The predicted molar refractivity (Wildman–Crippen MR) is 117 cm³/mol. The number of piperazine rings is 1. The molecule has 0 unspecified atom stereocenters. The number of benzene rings is 2. The molecule has 0 spiro atoms. The SMILES string of the molecule is COc1ccc(C=CC(=O)N2CCN(S(=O)(=O)c3ccccc3)CC2)c(OC)c1OC. The molecule has 1 aliphatic rings. The Hall–Kier alpha value is -3.04. The normalized spacial score (nSPS) is 15.1. The first kappa shape index (κ1) is 22.6. The first-order valence-electron chi connectivity index (χ1n) is 9.73. The summed E-state index contributed by atoms with van der Waals surface area (Å²) in [5, 5.41) is 0. The number of carbonyl (C=O) groups is 1. The summed E-state index contributed by atoms with van der Waals surface area (Å²) >= 11 is 0. The predicted octanol–water partition coefficient (Wildman–Crippen LogP) is 2.26. The maximum atomic E-state index is 12.7. The van der Waals surface area contributed by atoms with E-state index < -0.39 is 10.0 Å². The van der Waals surface area contributed by atoms with Crippen molar-refractivity contribution in [1.29, 1.82) is 0 Å². The molecular formula is C22H26N2O6S. The summed E-state index contributed by atoms with van der Waals surface area (Å²) in [6.07, 6.45) is 3.10. The number of hydrogen-bond acceptors (Lipinski definition) is 6.